The fourth-order valence-corrected chi connectivity index (χ4v) is 1.47. The predicted molar refractivity (Wildman–Crippen MR) is 56.7 cm³/mol. The third kappa shape index (κ3) is 9.57. The molecule has 0 amide bonds. The van der Waals surface area contributed by atoms with Gasteiger partial charge in [0.2, 0.25) is 0 Å². The molecule has 0 N–H and O–H groups in total. The van der Waals surface area contributed by atoms with Crippen LogP contribution >= 0.6 is 8.03 Å². The molecule has 5 heteroatoms. The van der Waals surface area contributed by atoms with Gasteiger partial charge in [-0.05, 0) is 32.6 Å². The Morgan fingerprint density at radius 3 is 2.47 bits per heavy atom. The van der Waals surface area contributed by atoms with Crippen LogP contribution in [0.1, 0.15) is 32.6 Å². The standard InChI is InChI=1S/C10H17O4P/c1-9(2)10(11)14-7-5-3-4-6-8-15(12)13/h1,3-8H2,2H3. The summed E-state index contributed by atoms with van der Waals surface area (Å²) in [6.07, 6.45) is 3.45. The molecule has 0 aliphatic rings. The molecule has 0 aromatic carbocycles. The molecule has 0 aliphatic carbocycles. The summed E-state index contributed by atoms with van der Waals surface area (Å²) in [4.78, 5) is 21.1. The van der Waals surface area contributed by atoms with Gasteiger partial charge in [0.1, 0.15) is 6.16 Å². The van der Waals surface area contributed by atoms with Gasteiger partial charge in [-0.2, -0.15) is 0 Å². The molecule has 15 heavy (non-hydrogen) atoms. The Labute approximate surface area is 91.2 Å². The summed E-state index contributed by atoms with van der Waals surface area (Å²) in [5.41, 5.74) is 0.401. The number of carbonyl (C=O) groups is 1. The van der Waals surface area contributed by atoms with E-state index in [1.54, 1.807) is 6.92 Å². The summed E-state index contributed by atoms with van der Waals surface area (Å²) >= 11 is 0. The summed E-state index contributed by atoms with van der Waals surface area (Å²) in [6, 6.07) is 0. The van der Waals surface area contributed by atoms with Crippen molar-refractivity contribution < 1.29 is 19.0 Å². The summed E-state index contributed by atoms with van der Waals surface area (Å²) < 4.78 is 15.1. The molecule has 1 atom stereocenters. The Kier molecular flexibility index (Phi) is 8.15. The second-order valence-electron chi connectivity index (χ2n) is 3.39. The Bertz CT molecular complexity index is 238. The van der Waals surface area contributed by atoms with E-state index < -0.39 is 8.03 Å². The van der Waals surface area contributed by atoms with E-state index in [1.165, 1.54) is 0 Å². The van der Waals surface area contributed by atoms with Crippen LogP contribution in [0.5, 0.6) is 0 Å². The van der Waals surface area contributed by atoms with Crippen molar-refractivity contribution in [1.29, 1.82) is 0 Å². The number of hydrogen-bond donors (Lipinski definition) is 0. The second-order valence-corrected chi connectivity index (χ2v) is 4.50. The SMILES string of the molecule is C=C(C)C(=O)OCCCCCC[P+](=O)[O-]. The van der Waals surface area contributed by atoms with Crippen LogP contribution < -0.4 is 4.89 Å². The zero-order chi connectivity index (χ0) is 11.7. The molecule has 0 saturated heterocycles. The molecule has 0 bridgehead atoms. The number of carbonyl (C=O) groups excluding carboxylic acids is 1. The lowest BCUT2D eigenvalue weighted by atomic mass is 10.2. The van der Waals surface area contributed by atoms with Crippen molar-refractivity contribution in [3.8, 4) is 0 Å². The van der Waals surface area contributed by atoms with E-state index in [1.807, 2.05) is 0 Å². The first-order chi connectivity index (χ1) is 7.04. The number of hydrogen-bond acceptors (Lipinski definition) is 4. The van der Waals surface area contributed by atoms with Gasteiger partial charge < -0.3 is 9.63 Å². The van der Waals surface area contributed by atoms with Crippen LogP contribution in [0.15, 0.2) is 12.2 Å². The molecule has 0 rings (SSSR count). The molecule has 0 fully saturated rings. The smallest absolute Gasteiger partial charge is 0.333 e. The summed E-state index contributed by atoms with van der Waals surface area (Å²) in [6.45, 7) is 5.45. The van der Waals surface area contributed by atoms with Crippen molar-refractivity contribution in [1.82, 2.24) is 0 Å². The van der Waals surface area contributed by atoms with Gasteiger partial charge >= 0.3 is 14.0 Å². The molecule has 0 spiro atoms. The minimum absolute atomic E-state index is 0.251. The van der Waals surface area contributed by atoms with Gasteiger partial charge in [-0.25, -0.2) is 4.79 Å². The van der Waals surface area contributed by atoms with Gasteiger partial charge in [-0.1, -0.05) is 11.1 Å². The van der Waals surface area contributed by atoms with E-state index in [2.05, 4.69) is 6.58 Å². The molecular weight excluding hydrogens is 215 g/mol. The highest BCUT2D eigenvalue weighted by atomic mass is 31.1. The Morgan fingerprint density at radius 1 is 1.33 bits per heavy atom. The highest BCUT2D eigenvalue weighted by molar-refractivity contribution is 7.36. The van der Waals surface area contributed by atoms with Gasteiger partial charge in [-0.3, -0.25) is 0 Å². The van der Waals surface area contributed by atoms with E-state index in [-0.39, 0.29) is 12.1 Å². The lowest BCUT2D eigenvalue weighted by Crippen LogP contribution is -2.06. The van der Waals surface area contributed by atoms with Crippen molar-refractivity contribution in [3.05, 3.63) is 12.2 Å². The van der Waals surface area contributed by atoms with Crippen molar-refractivity contribution >= 4 is 14.0 Å². The maximum atomic E-state index is 10.9. The molecule has 0 saturated carbocycles. The topological polar surface area (TPSA) is 66.4 Å². The van der Waals surface area contributed by atoms with Crippen LogP contribution in [-0.4, -0.2) is 18.7 Å². The van der Waals surface area contributed by atoms with Gasteiger partial charge in [0, 0.05) is 5.57 Å². The minimum Gasteiger partial charge on any atom is -0.596 e. The van der Waals surface area contributed by atoms with E-state index in [9.17, 15) is 14.3 Å². The van der Waals surface area contributed by atoms with Crippen molar-refractivity contribution in [2.45, 2.75) is 32.6 Å². The summed E-state index contributed by atoms with van der Waals surface area (Å²) in [5.74, 6) is -0.363. The van der Waals surface area contributed by atoms with Gasteiger partial charge in [-0.15, -0.1) is 0 Å². The first kappa shape index (κ1) is 14.3. The summed E-state index contributed by atoms with van der Waals surface area (Å²) in [7, 11) is -2.24. The average molecular weight is 232 g/mol. The van der Waals surface area contributed by atoms with Crippen molar-refractivity contribution in [2.75, 3.05) is 12.8 Å². The van der Waals surface area contributed by atoms with E-state index in [0.29, 0.717) is 18.6 Å². The van der Waals surface area contributed by atoms with Crippen molar-refractivity contribution in [3.63, 3.8) is 0 Å². The molecule has 0 aromatic heterocycles. The predicted octanol–water partition coefficient (Wildman–Crippen LogP) is 1.77. The van der Waals surface area contributed by atoms with Crippen LogP contribution in [0.25, 0.3) is 0 Å². The molecule has 86 valence electrons. The number of rotatable bonds is 8. The second kappa shape index (κ2) is 8.57. The molecule has 0 aliphatic heterocycles. The van der Waals surface area contributed by atoms with Crippen LogP contribution in [0.3, 0.4) is 0 Å². The Balaban J connectivity index is 3.22. The zero-order valence-electron chi connectivity index (χ0n) is 9.03. The lowest BCUT2D eigenvalue weighted by molar-refractivity contribution is -0.164. The molecule has 0 aromatic rings. The molecule has 1 unspecified atom stereocenters. The number of unbranched alkanes of at least 4 members (excludes halogenated alkanes) is 3. The molecule has 0 heterocycles. The first-order valence-corrected chi connectivity index (χ1v) is 6.34. The normalized spacial score (nSPS) is 10.9. The van der Waals surface area contributed by atoms with Crippen LogP contribution in [0, 0.1) is 0 Å². The number of ether oxygens (including phenoxy) is 1. The number of esters is 1. The fraction of sp³-hybridized carbons (Fsp3) is 0.700. The third-order valence-electron chi connectivity index (χ3n) is 1.82. The maximum absolute atomic E-state index is 10.9. The molecular formula is C10H17O4P. The quantitative estimate of drug-likeness (QED) is 0.277. The largest absolute Gasteiger partial charge is 0.596 e. The zero-order valence-corrected chi connectivity index (χ0v) is 9.92. The van der Waals surface area contributed by atoms with Crippen LogP contribution in [0.2, 0.25) is 0 Å². The first-order valence-electron chi connectivity index (χ1n) is 4.98. The van der Waals surface area contributed by atoms with Crippen molar-refractivity contribution in [2.24, 2.45) is 0 Å². The Morgan fingerprint density at radius 2 is 1.93 bits per heavy atom. The Hall–Kier alpha value is -0.730. The minimum atomic E-state index is -2.24. The lowest BCUT2D eigenvalue weighted by Gasteiger charge is -2.03. The third-order valence-corrected chi connectivity index (χ3v) is 2.50. The monoisotopic (exact) mass is 232 g/mol. The van der Waals surface area contributed by atoms with Crippen LogP contribution in [0.4, 0.5) is 0 Å². The molecule has 0 radical (unpaired) electrons. The van der Waals surface area contributed by atoms with E-state index in [4.69, 9.17) is 4.74 Å². The van der Waals surface area contributed by atoms with Gasteiger partial charge in [0.25, 0.3) is 0 Å². The van der Waals surface area contributed by atoms with Crippen LogP contribution in [-0.2, 0) is 14.1 Å². The highest BCUT2D eigenvalue weighted by Gasteiger charge is 2.02. The van der Waals surface area contributed by atoms with E-state index in [0.717, 1.165) is 19.3 Å². The average Bonchev–Trinajstić information content (AvgIpc) is 2.15. The van der Waals surface area contributed by atoms with Gasteiger partial charge in [0.15, 0.2) is 0 Å². The molecule has 4 nitrogen and oxygen atoms in total. The highest BCUT2D eigenvalue weighted by Crippen LogP contribution is 2.11. The van der Waals surface area contributed by atoms with E-state index >= 15 is 0 Å². The van der Waals surface area contributed by atoms with Gasteiger partial charge in [0.05, 0.1) is 6.61 Å². The maximum Gasteiger partial charge on any atom is 0.333 e. The summed E-state index contributed by atoms with van der Waals surface area (Å²) in [5, 5.41) is 0. The fourth-order valence-electron chi connectivity index (χ4n) is 0.985.